The number of ether oxygens (including phenoxy) is 3. The van der Waals surface area contributed by atoms with Crippen molar-refractivity contribution in [3.8, 4) is 17.6 Å². The van der Waals surface area contributed by atoms with Crippen molar-refractivity contribution in [2.45, 2.75) is 20.0 Å². The maximum atomic E-state index is 12.3. The number of rotatable bonds is 11. The molecular formula is C23H24Br2N2O4. The van der Waals surface area contributed by atoms with Gasteiger partial charge in [-0.15, -0.1) is 0 Å². The Balaban J connectivity index is 2.20. The quantitative estimate of drug-likeness (QED) is 0.234. The third kappa shape index (κ3) is 8.02. The number of nitriles is 1. The summed E-state index contributed by atoms with van der Waals surface area (Å²) in [7, 11) is 1.60. The van der Waals surface area contributed by atoms with Crippen LogP contribution >= 0.6 is 31.9 Å². The van der Waals surface area contributed by atoms with Gasteiger partial charge in [-0.05, 0) is 70.7 Å². The Morgan fingerprint density at radius 3 is 2.58 bits per heavy atom. The molecule has 164 valence electrons. The van der Waals surface area contributed by atoms with Crippen LogP contribution in [0.1, 0.15) is 24.5 Å². The molecule has 6 nitrogen and oxygen atoms in total. The fourth-order valence-corrected chi connectivity index (χ4v) is 3.48. The van der Waals surface area contributed by atoms with E-state index >= 15 is 0 Å². The van der Waals surface area contributed by atoms with E-state index in [1.54, 1.807) is 19.2 Å². The highest BCUT2D eigenvalue weighted by molar-refractivity contribution is 9.10. The van der Waals surface area contributed by atoms with E-state index in [1.807, 2.05) is 37.3 Å². The SMILES string of the molecule is CCOc1cc(/C=C(\C#N)C(=O)NCCCOC)cc(Br)c1OCc1ccc(Br)cc1. The topological polar surface area (TPSA) is 80.6 Å². The Labute approximate surface area is 199 Å². The third-order valence-corrected chi connectivity index (χ3v) is 5.23. The zero-order valence-corrected chi connectivity index (χ0v) is 20.6. The fourth-order valence-electron chi connectivity index (χ4n) is 2.64. The summed E-state index contributed by atoms with van der Waals surface area (Å²) in [5.74, 6) is 0.658. The Bertz CT molecular complexity index is 953. The zero-order chi connectivity index (χ0) is 22.6. The lowest BCUT2D eigenvalue weighted by Gasteiger charge is -2.15. The van der Waals surface area contributed by atoms with Crippen molar-refractivity contribution in [1.29, 1.82) is 5.26 Å². The molecule has 1 N–H and O–H groups in total. The molecular weight excluding hydrogens is 528 g/mol. The minimum absolute atomic E-state index is 0.00953. The average molecular weight is 552 g/mol. The van der Waals surface area contributed by atoms with Crippen LogP contribution in [0.2, 0.25) is 0 Å². The molecule has 0 aliphatic heterocycles. The van der Waals surface area contributed by atoms with Crippen LogP contribution in [0.4, 0.5) is 0 Å². The summed E-state index contributed by atoms with van der Waals surface area (Å²) >= 11 is 6.94. The Morgan fingerprint density at radius 1 is 1.19 bits per heavy atom. The minimum Gasteiger partial charge on any atom is -0.490 e. The highest BCUT2D eigenvalue weighted by atomic mass is 79.9. The average Bonchev–Trinajstić information content (AvgIpc) is 2.75. The molecule has 0 spiro atoms. The Morgan fingerprint density at radius 2 is 1.94 bits per heavy atom. The van der Waals surface area contributed by atoms with E-state index in [9.17, 15) is 10.1 Å². The van der Waals surface area contributed by atoms with Gasteiger partial charge in [-0.3, -0.25) is 4.79 Å². The number of carbonyl (C=O) groups excluding carboxylic acids is 1. The molecule has 0 radical (unpaired) electrons. The Hall–Kier alpha value is -2.34. The number of nitrogens with zero attached hydrogens (tertiary/aromatic N) is 1. The first-order valence-corrected chi connectivity index (χ1v) is 11.3. The number of hydrogen-bond acceptors (Lipinski definition) is 5. The summed E-state index contributed by atoms with van der Waals surface area (Å²) in [6.45, 7) is 3.66. The molecule has 0 saturated carbocycles. The largest absolute Gasteiger partial charge is 0.490 e. The number of amides is 1. The lowest BCUT2D eigenvalue weighted by Crippen LogP contribution is -2.26. The lowest BCUT2D eigenvalue weighted by molar-refractivity contribution is -0.117. The van der Waals surface area contributed by atoms with Gasteiger partial charge in [0.2, 0.25) is 0 Å². The number of halogens is 2. The van der Waals surface area contributed by atoms with E-state index in [2.05, 4.69) is 37.2 Å². The molecule has 1 amide bonds. The number of benzene rings is 2. The second-order valence-corrected chi connectivity index (χ2v) is 8.22. The first kappa shape index (κ1) is 24.9. The summed E-state index contributed by atoms with van der Waals surface area (Å²) in [5, 5.41) is 12.1. The van der Waals surface area contributed by atoms with Gasteiger partial charge >= 0.3 is 0 Å². The summed E-state index contributed by atoms with van der Waals surface area (Å²) in [6.07, 6.45) is 2.20. The molecule has 0 bridgehead atoms. The normalized spacial score (nSPS) is 11.0. The van der Waals surface area contributed by atoms with Crippen LogP contribution in [0.5, 0.6) is 11.5 Å². The molecule has 0 fully saturated rings. The van der Waals surface area contributed by atoms with Crippen LogP contribution in [0.15, 0.2) is 50.9 Å². The molecule has 0 unspecified atom stereocenters. The van der Waals surface area contributed by atoms with Crippen molar-refractivity contribution in [3.63, 3.8) is 0 Å². The van der Waals surface area contributed by atoms with Crippen molar-refractivity contribution in [2.75, 3.05) is 26.9 Å². The molecule has 0 atom stereocenters. The van der Waals surface area contributed by atoms with Crippen molar-refractivity contribution in [3.05, 3.63) is 62.0 Å². The van der Waals surface area contributed by atoms with Crippen LogP contribution in [-0.2, 0) is 16.1 Å². The lowest BCUT2D eigenvalue weighted by atomic mass is 10.1. The van der Waals surface area contributed by atoms with Gasteiger partial charge in [0, 0.05) is 24.7 Å². The summed E-state index contributed by atoms with van der Waals surface area (Å²) in [6, 6.07) is 13.3. The molecule has 2 rings (SSSR count). The summed E-state index contributed by atoms with van der Waals surface area (Å²) in [4.78, 5) is 12.3. The van der Waals surface area contributed by atoms with E-state index < -0.39 is 5.91 Å². The second kappa shape index (κ2) is 13.2. The van der Waals surface area contributed by atoms with E-state index in [0.717, 1.165) is 10.0 Å². The van der Waals surface area contributed by atoms with Crippen molar-refractivity contribution in [2.24, 2.45) is 0 Å². The van der Waals surface area contributed by atoms with Gasteiger partial charge in [0.25, 0.3) is 5.91 Å². The maximum Gasteiger partial charge on any atom is 0.261 e. The molecule has 0 heterocycles. The number of nitrogens with one attached hydrogen (secondary N) is 1. The summed E-state index contributed by atoms with van der Waals surface area (Å²) < 4.78 is 18.4. The highest BCUT2D eigenvalue weighted by Gasteiger charge is 2.14. The van der Waals surface area contributed by atoms with Gasteiger partial charge in [-0.1, -0.05) is 28.1 Å². The molecule has 0 aromatic heterocycles. The first-order valence-electron chi connectivity index (χ1n) is 9.71. The van der Waals surface area contributed by atoms with Gasteiger partial charge in [0.05, 0.1) is 11.1 Å². The number of hydrogen-bond donors (Lipinski definition) is 1. The van der Waals surface area contributed by atoms with E-state index in [0.29, 0.717) is 54.3 Å². The van der Waals surface area contributed by atoms with E-state index in [1.165, 1.54) is 6.08 Å². The van der Waals surface area contributed by atoms with Crippen molar-refractivity contribution < 1.29 is 19.0 Å². The first-order chi connectivity index (χ1) is 15.0. The monoisotopic (exact) mass is 550 g/mol. The maximum absolute atomic E-state index is 12.3. The zero-order valence-electron chi connectivity index (χ0n) is 17.4. The van der Waals surface area contributed by atoms with Crippen LogP contribution in [0, 0.1) is 11.3 Å². The standard InChI is InChI=1S/C23H24Br2N2O4/c1-3-30-21-13-17(11-18(14-26)23(28)27-9-4-10-29-2)12-20(25)22(21)31-15-16-5-7-19(24)8-6-16/h5-8,11-13H,3-4,9-10,15H2,1-2H3,(H,27,28)/b18-11+. The van der Waals surface area contributed by atoms with E-state index in [4.69, 9.17) is 14.2 Å². The van der Waals surface area contributed by atoms with Crippen molar-refractivity contribution >= 4 is 43.8 Å². The van der Waals surface area contributed by atoms with Gasteiger partial charge in [-0.2, -0.15) is 5.26 Å². The Kier molecular flexibility index (Phi) is 10.6. The highest BCUT2D eigenvalue weighted by Crippen LogP contribution is 2.38. The predicted molar refractivity (Wildman–Crippen MR) is 127 cm³/mol. The van der Waals surface area contributed by atoms with Gasteiger partial charge < -0.3 is 19.5 Å². The van der Waals surface area contributed by atoms with Gasteiger partial charge in [-0.25, -0.2) is 0 Å². The summed E-state index contributed by atoms with van der Waals surface area (Å²) in [5.41, 5.74) is 1.67. The van der Waals surface area contributed by atoms with Crippen LogP contribution < -0.4 is 14.8 Å². The van der Waals surface area contributed by atoms with Gasteiger partial charge in [0.15, 0.2) is 11.5 Å². The van der Waals surface area contributed by atoms with Crippen LogP contribution in [0.25, 0.3) is 6.08 Å². The molecule has 8 heteroatoms. The fraction of sp³-hybridized carbons (Fsp3) is 0.304. The predicted octanol–water partition coefficient (Wildman–Crippen LogP) is 5.25. The molecule has 0 aliphatic carbocycles. The molecule has 31 heavy (non-hydrogen) atoms. The van der Waals surface area contributed by atoms with E-state index in [-0.39, 0.29) is 5.57 Å². The van der Waals surface area contributed by atoms with Crippen LogP contribution in [0.3, 0.4) is 0 Å². The second-order valence-electron chi connectivity index (χ2n) is 6.45. The minimum atomic E-state index is -0.428. The van der Waals surface area contributed by atoms with Crippen molar-refractivity contribution in [1.82, 2.24) is 5.32 Å². The number of carbonyl (C=O) groups is 1. The van der Waals surface area contributed by atoms with Crippen LogP contribution in [-0.4, -0.2) is 32.8 Å². The smallest absolute Gasteiger partial charge is 0.261 e. The molecule has 0 aliphatic rings. The number of methoxy groups -OCH3 is 1. The third-order valence-electron chi connectivity index (χ3n) is 4.12. The van der Waals surface area contributed by atoms with Gasteiger partial charge in [0.1, 0.15) is 18.2 Å². The molecule has 0 saturated heterocycles. The molecule has 2 aromatic carbocycles. The molecule has 2 aromatic rings.